The summed E-state index contributed by atoms with van der Waals surface area (Å²) in [5.41, 5.74) is 2.35. The van der Waals surface area contributed by atoms with E-state index < -0.39 is 0 Å². The average Bonchev–Trinajstić information content (AvgIpc) is 2.58. The van der Waals surface area contributed by atoms with Crippen molar-refractivity contribution >= 4 is 53.9 Å². The van der Waals surface area contributed by atoms with E-state index in [2.05, 4.69) is 55.1 Å². The molecule has 0 aliphatic heterocycles. The molecule has 4 heteroatoms. The van der Waals surface area contributed by atoms with Crippen LogP contribution in [0.2, 0.25) is 0 Å². The summed E-state index contributed by atoms with van der Waals surface area (Å²) in [5, 5.41) is 0. The van der Waals surface area contributed by atoms with Crippen molar-refractivity contribution in [2.75, 3.05) is 7.11 Å². The summed E-state index contributed by atoms with van der Waals surface area (Å²) in [7, 11) is 1.68. The largest absolute Gasteiger partial charge is 0.497 e. The molecule has 0 amide bonds. The van der Waals surface area contributed by atoms with Crippen molar-refractivity contribution in [3.8, 4) is 16.9 Å². The Hall–Kier alpha value is -0.840. The minimum absolute atomic E-state index is 0. The summed E-state index contributed by atoms with van der Waals surface area (Å²) in [6.45, 7) is 0. The quantitative estimate of drug-likeness (QED) is 0.498. The molecule has 3 aromatic carbocycles. The minimum Gasteiger partial charge on any atom is -0.497 e. The Kier molecular flexibility index (Phi) is 7.12. The van der Waals surface area contributed by atoms with Gasteiger partial charge in [-0.15, -0.1) is 12.6 Å². The Morgan fingerprint density at radius 1 is 0.826 bits per heavy atom. The van der Waals surface area contributed by atoms with E-state index in [4.69, 9.17) is 4.74 Å². The predicted octanol–water partition coefficient (Wildman–Crippen LogP) is 5.42. The van der Waals surface area contributed by atoms with Gasteiger partial charge in [-0.05, 0) is 41.5 Å². The SMILES string of the molecule is COc1ccc(-c2cccc(S)c2Sc2ccccc2)cc1.[Na]. The van der Waals surface area contributed by atoms with Crippen LogP contribution in [-0.2, 0) is 0 Å². The predicted molar refractivity (Wildman–Crippen MR) is 102 cm³/mol. The molecule has 0 unspecified atom stereocenters. The van der Waals surface area contributed by atoms with E-state index in [1.165, 1.54) is 15.4 Å². The average molecular weight is 347 g/mol. The normalized spacial score (nSPS) is 10.0. The van der Waals surface area contributed by atoms with Crippen LogP contribution in [0.3, 0.4) is 0 Å². The molecule has 0 aliphatic rings. The first kappa shape index (κ1) is 18.5. The van der Waals surface area contributed by atoms with Crippen LogP contribution in [0.15, 0.2) is 87.5 Å². The zero-order valence-electron chi connectivity index (χ0n) is 13.2. The second-order valence-electron chi connectivity index (χ2n) is 4.80. The Morgan fingerprint density at radius 2 is 1.52 bits per heavy atom. The fourth-order valence-corrected chi connectivity index (χ4v) is 3.58. The summed E-state index contributed by atoms with van der Waals surface area (Å²) >= 11 is 6.38. The van der Waals surface area contributed by atoms with E-state index >= 15 is 0 Å². The molecule has 111 valence electrons. The van der Waals surface area contributed by atoms with Crippen LogP contribution in [0.4, 0.5) is 0 Å². The number of rotatable bonds is 4. The molecule has 0 heterocycles. The maximum atomic E-state index is 5.23. The van der Waals surface area contributed by atoms with Gasteiger partial charge in [0.2, 0.25) is 0 Å². The van der Waals surface area contributed by atoms with Gasteiger partial charge in [-0.25, -0.2) is 0 Å². The topological polar surface area (TPSA) is 9.23 Å². The van der Waals surface area contributed by atoms with Gasteiger partial charge in [0.25, 0.3) is 0 Å². The zero-order chi connectivity index (χ0) is 15.4. The zero-order valence-corrected chi connectivity index (χ0v) is 16.9. The van der Waals surface area contributed by atoms with E-state index in [-0.39, 0.29) is 29.6 Å². The monoisotopic (exact) mass is 347 g/mol. The third kappa shape index (κ3) is 4.59. The Balaban J connectivity index is 0.00000192. The molecule has 0 aromatic heterocycles. The molecule has 0 saturated carbocycles. The van der Waals surface area contributed by atoms with Gasteiger partial charge in [0, 0.05) is 44.2 Å². The number of hydrogen-bond donors (Lipinski definition) is 1. The number of hydrogen-bond acceptors (Lipinski definition) is 3. The number of benzene rings is 3. The third-order valence-electron chi connectivity index (χ3n) is 3.36. The fraction of sp³-hybridized carbons (Fsp3) is 0.0526. The minimum atomic E-state index is 0. The Labute approximate surface area is 169 Å². The second-order valence-corrected chi connectivity index (χ2v) is 6.36. The van der Waals surface area contributed by atoms with Gasteiger partial charge >= 0.3 is 0 Å². The summed E-state index contributed by atoms with van der Waals surface area (Å²) in [6, 6.07) is 24.7. The van der Waals surface area contributed by atoms with Gasteiger partial charge in [-0.3, -0.25) is 0 Å². The van der Waals surface area contributed by atoms with E-state index in [0.717, 1.165) is 16.2 Å². The van der Waals surface area contributed by atoms with E-state index in [1.807, 2.05) is 30.3 Å². The van der Waals surface area contributed by atoms with Crippen LogP contribution in [0.5, 0.6) is 5.75 Å². The molecule has 0 N–H and O–H groups in total. The maximum absolute atomic E-state index is 5.23. The van der Waals surface area contributed by atoms with Gasteiger partial charge in [-0.1, -0.05) is 54.2 Å². The molecule has 23 heavy (non-hydrogen) atoms. The molecule has 1 radical (unpaired) electrons. The maximum Gasteiger partial charge on any atom is 0.118 e. The van der Waals surface area contributed by atoms with Crippen LogP contribution in [0, 0.1) is 0 Å². The van der Waals surface area contributed by atoms with Crippen LogP contribution < -0.4 is 4.74 Å². The number of ether oxygens (including phenoxy) is 1. The van der Waals surface area contributed by atoms with Gasteiger partial charge in [-0.2, -0.15) is 0 Å². The van der Waals surface area contributed by atoms with Crippen molar-refractivity contribution in [3.63, 3.8) is 0 Å². The van der Waals surface area contributed by atoms with E-state index in [9.17, 15) is 0 Å². The third-order valence-corrected chi connectivity index (χ3v) is 5.03. The Bertz CT molecular complexity index is 758. The standard InChI is InChI=1S/C19H16OS2.Na/c1-20-15-12-10-14(11-13-15)17-8-5-9-18(21)19(17)22-16-6-3-2-4-7-16;/h2-13,21H,1H3;. The van der Waals surface area contributed by atoms with Gasteiger partial charge in [0.05, 0.1) is 7.11 Å². The summed E-state index contributed by atoms with van der Waals surface area (Å²) in [5.74, 6) is 0.864. The first-order chi connectivity index (χ1) is 10.8. The van der Waals surface area contributed by atoms with Crippen molar-refractivity contribution in [1.29, 1.82) is 0 Å². The Morgan fingerprint density at radius 3 is 2.17 bits per heavy atom. The van der Waals surface area contributed by atoms with Gasteiger partial charge in [0.1, 0.15) is 5.75 Å². The molecular formula is C19H16NaOS2. The fourth-order valence-electron chi connectivity index (χ4n) is 2.24. The summed E-state index contributed by atoms with van der Waals surface area (Å²) < 4.78 is 5.23. The molecule has 0 fully saturated rings. The van der Waals surface area contributed by atoms with E-state index in [0.29, 0.717) is 0 Å². The molecule has 0 atom stereocenters. The molecule has 0 spiro atoms. The van der Waals surface area contributed by atoms with Gasteiger partial charge in [0.15, 0.2) is 0 Å². The second kappa shape index (κ2) is 8.86. The van der Waals surface area contributed by atoms with Crippen LogP contribution >= 0.6 is 24.4 Å². The molecular weight excluding hydrogens is 331 g/mol. The smallest absolute Gasteiger partial charge is 0.118 e. The number of thiol groups is 1. The van der Waals surface area contributed by atoms with E-state index in [1.54, 1.807) is 18.9 Å². The first-order valence-electron chi connectivity index (χ1n) is 6.97. The van der Waals surface area contributed by atoms with Crippen LogP contribution in [-0.4, -0.2) is 36.7 Å². The van der Waals surface area contributed by atoms with Crippen molar-refractivity contribution in [1.82, 2.24) is 0 Å². The van der Waals surface area contributed by atoms with Crippen molar-refractivity contribution < 1.29 is 4.74 Å². The van der Waals surface area contributed by atoms with Crippen LogP contribution in [0.1, 0.15) is 0 Å². The number of methoxy groups -OCH3 is 1. The molecule has 0 bridgehead atoms. The van der Waals surface area contributed by atoms with Crippen molar-refractivity contribution in [2.45, 2.75) is 14.7 Å². The molecule has 0 aliphatic carbocycles. The molecule has 3 aromatic rings. The summed E-state index contributed by atoms with van der Waals surface area (Å²) in [4.78, 5) is 3.36. The molecule has 0 saturated heterocycles. The van der Waals surface area contributed by atoms with Crippen molar-refractivity contribution in [3.05, 3.63) is 72.8 Å². The summed E-state index contributed by atoms with van der Waals surface area (Å²) in [6.07, 6.45) is 0. The molecule has 1 nitrogen and oxygen atoms in total. The van der Waals surface area contributed by atoms with Crippen molar-refractivity contribution in [2.24, 2.45) is 0 Å². The molecule has 3 rings (SSSR count). The van der Waals surface area contributed by atoms with Crippen LogP contribution in [0.25, 0.3) is 11.1 Å². The first-order valence-corrected chi connectivity index (χ1v) is 8.23. The van der Waals surface area contributed by atoms with Gasteiger partial charge < -0.3 is 4.74 Å².